The summed E-state index contributed by atoms with van der Waals surface area (Å²) >= 11 is 14.2. The number of hydrogen-bond acceptors (Lipinski definition) is 8. The number of methoxy groups -OCH3 is 1. The van der Waals surface area contributed by atoms with Crippen LogP contribution in [-0.2, 0) is 24.9 Å². The highest BCUT2D eigenvalue weighted by Gasteiger charge is 2.26. The van der Waals surface area contributed by atoms with Gasteiger partial charge in [0, 0.05) is 72.2 Å². The molecule has 2 amide bonds. The number of carbonyl (C=O) groups excluding carboxylic acids is 1. The van der Waals surface area contributed by atoms with Crippen molar-refractivity contribution in [3.05, 3.63) is 92.6 Å². The molecular formula is C37H39Cl2N7O6. The zero-order valence-corrected chi connectivity index (χ0v) is 30.6. The number of nitrogens with zero attached hydrogens (tertiary/aromatic N) is 5. The third-order valence-corrected chi connectivity index (χ3v) is 9.75. The minimum Gasteiger partial charge on any atom is -0.481 e. The number of benzene rings is 2. The van der Waals surface area contributed by atoms with Crippen molar-refractivity contribution in [2.45, 2.75) is 51.4 Å². The molecule has 15 heteroatoms. The molecule has 0 bridgehead atoms. The normalized spacial score (nSPS) is 14.5. The molecule has 0 spiro atoms. The molecule has 1 atom stereocenters. The Balaban J connectivity index is 1.29. The van der Waals surface area contributed by atoms with Crippen LogP contribution in [0.25, 0.3) is 39.0 Å². The Hall–Kier alpha value is -4.95. The van der Waals surface area contributed by atoms with Crippen molar-refractivity contribution in [1.29, 1.82) is 0 Å². The Morgan fingerprint density at radius 3 is 2.38 bits per heavy atom. The van der Waals surface area contributed by atoms with Gasteiger partial charge in [-0.25, -0.2) is 14.3 Å². The van der Waals surface area contributed by atoms with E-state index in [1.807, 2.05) is 36.4 Å². The number of nitrogens with one attached hydrogen (secondary N) is 2. The van der Waals surface area contributed by atoms with E-state index >= 15 is 0 Å². The van der Waals surface area contributed by atoms with Crippen molar-refractivity contribution in [3.8, 4) is 39.4 Å². The zero-order valence-electron chi connectivity index (χ0n) is 29.1. The summed E-state index contributed by atoms with van der Waals surface area (Å²) in [7, 11) is 3.13. The number of carbonyl (C=O) groups is 2. The Kier molecular flexibility index (Phi) is 10.6. The van der Waals surface area contributed by atoms with Gasteiger partial charge >= 0.3 is 6.09 Å². The topological polar surface area (TPSA) is 163 Å². The van der Waals surface area contributed by atoms with Gasteiger partial charge in [0.2, 0.25) is 11.8 Å². The van der Waals surface area contributed by atoms with Crippen molar-refractivity contribution in [1.82, 2.24) is 34.7 Å². The van der Waals surface area contributed by atoms with E-state index in [2.05, 4.69) is 15.7 Å². The minimum absolute atomic E-state index is 0.0191. The fraction of sp³-hybridized carbons (Fsp3) is 0.324. The average Bonchev–Trinajstić information content (AvgIpc) is 3.72. The molecule has 3 aromatic heterocycles. The monoisotopic (exact) mass is 747 g/mol. The minimum atomic E-state index is -1.12. The quantitative estimate of drug-likeness (QED) is 0.132. The fourth-order valence-corrected chi connectivity index (χ4v) is 6.93. The van der Waals surface area contributed by atoms with Gasteiger partial charge in [-0.05, 0) is 38.5 Å². The molecule has 52 heavy (non-hydrogen) atoms. The molecule has 4 heterocycles. The molecule has 6 rings (SSSR count). The number of halogens is 2. The number of hydrogen-bond donors (Lipinski definition) is 4. The predicted octanol–water partition coefficient (Wildman–Crippen LogP) is 5.36. The van der Waals surface area contributed by atoms with Crippen LogP contribution in [0.3, 0.4) is 0 Å². The standard InChI is InChI=1S/C37H39Cl2N7O6/c1-37(2,51)20-40-16-30-43-46-18-22(15-29(46)35(48)44(30)3)24-7-5-8-25(32(24)38)26-9-6-10-27(33(26)39)28-13-11-21(34(42-28)52-4)17-45(36(49)50)19-23-12-14-31(47)41-23/h5-11,13,15,18,23,40,51H,12,14,16-17,19-20H2,1-4H3,(H,41,47)(H,49,50). The van der Waals surface area contributed by atoms with Crippen molar-refractivity contribution in [2.24, 2.45) is 7.05 Å². The molecule has 1 saturated heterocycles. The molecular weight excluding hydrogens is 709 g/mol. The van der Waals surface area contributed by atoms with Gasteiger partial charge in [0.25, 0.3) is 5.56 Å². The number of carboxylic acid groups (broad SMARTS) is 1. The van der Waals surface area contributed by atoms with Crippen molar-refractivity contribution < 1.29 is 24.5 Å². The lowest BCUT2D eigenvalue weighted by Crippen LogP contribution is -2.41. The molecule has 0 saturated carbocycles. The third-order valence-electron chi connectivity index (χ3n) is 8.94. The van der Waals surface area contributed by atoms with Gasteiger partial charge in [-0.15, -0.1) is 0 Å². The first kappa shape index (κ1) is 36.8. The van der Waals surface area contributed by atoms with E-state index in [1.165, 1.54) is 16.6 Å². The molecule has 13 nitrogen and oxygen atoms in total. The summed E-state index contributed by atoms with van der Waals surface area (Å²) < 4.78 is 8.61. The number of aromatic nitrogens is 4. The van der Waals surface area contributed by atoms with Crippen LogP contribution in [0.1, 0.15) is 38.1 Å². The van der Waals surface area contributed by atoms with E-state index in [1.54, 1.807) is 49.8 Å². The molecule has 2 aromatic carbocycles. The number of fused-ring (bicyclic) bond motifs is 1. The van der Waals surface area contributed by atoms with E-state index in [-0.39, 0.29) is 43.0 Å². The maximum atomic E-state index is 13.3. The smallest absolute Gasteiger partial charge is 0.407 e. The molecule has 272 valence electrons. The zero-order chi connectivity index (χ0) is 37.3. The lowest BCUT2D eigenvalue weighted by Gasteiger charge is -2.23. The molecule has 0 aliphatic carbocycles. The fourth-order valence-electron chi connectivity index (χ4n) is 6.27. The van der Waals surface area contributed by atoms with E-state index in [9.17, 15) is 24.6 Å². The van der Waals surface area contributed by atoms with Crippen LogP contribution >= 0.6 is 23.2 Å². The van der Waals surface area contributed by atoms with Gasteiger partial charge in [-0.3, -0.25) is 14.2 Å². The second kappa shape index (κ2) is 15.0. The van der Waals surface area contributed by atoms with Gasteiger partial charge in [-0.2, -0.15) is 5.10 Å². The summed E-state index contributed by atoms with van der Waals surface area (Å²) in [6.45, 7) is 4.17. The van der Waals surface area contributed by atoms with Crippen LogP contribution in [0.2, 0.25) is 10.0 Å². The van der Waals surface area contributed by atoms with Crippen LogP contribution in [-0.4, -0.2) is 78.1 Å². The van der Waals surface area contributed by atoms with Crippen LogP contribution in [0.15, 0.2) is 65.6 Å². The molecule has 1 fully saturated rings. The summed E-state index contributed by atoms with van der Waals surface area (Å²) in [4.78, 5) is 42.9. The number of amides is 2. The second-order valence-corrected chi connectivity index (χ2v) is 14.2. The summed E-state index contributed by atoms with van der Waals surface area (Å²) in [5.74, 6) is 0.665. The number of aliphatic hydroxyl groups is 1. The SMILES string of the molecule is COc1nc(-c2cccc(-c3cccc(-c4cc5c(=O)n(C)c(CNCC(C)(C)O)nn5c4)c3Cl)c2Cl)ccc1CN(CC1CCC(=O)N1)C(=O)O. The average molecular weight is 749 g/mol. The maximum absolute atomic E-state index is 13.3. The second-order valence-electron chi connectivity index (χ2n) is 13.4. The van der Waals surface area contributed by atoms with Gasteiger partial charge in [0.05, 0.1) is 41.5 Å². The summed E-state index contributed by atoms with van der Waals surface area (Å²) in [5, 5.41) is 31.3. The van der Waals surface area contributed by atoms with Crippen molar-refractivity contribution in [2.75, 3.05) is 20.2 Å². The van der Waals surface area contributed by atoms with Gasteiger partial charge < -0.3 is 30.5 Å². The van der Waals surface area contributed by atoms with E-state index in [0.717, 1.165) is 0 Å². The van der Waals surface area contributed by atoms with Crippen LogP contribution < -0.4 is 20.9 Å². The molecule has 1 unspecified atom stereocenters. The first-order valence-electron chi connectivity index (χ1n) is 16.6. The Bertz CT molecular complexity index is 2230. The van der Waals surface area contributed by atoms with Gasteiger partial charge in [-0.1, -0.05) is 59.6 Å². The molecule has 5 aromatic rings. The Labute approximate surface area is 309 Å². The molecule has 1 aliphatic heterocycles. The van der Waals surface area contributed by atoms with E-state index < -0.39 is 11.7 Å². The first-order valence-corrected chi connectivity index (χ1v) is 17.4. The first-order chi connectivity index (χ1) is 24.7. The largest absolute Gasteiger partial charge is 0.481 e. The lowest BCUT2D eigenvalue weighted by molar-refractivity contribution is -0.119. The lowest BCUT2D eigenvalue weighted by atomic mass is 9.97. The summed E-state index contributed by atoms with van der Waals surface area (Å²) in [6.07, 6.45) is 1.59. The summed E-state index contributed by atoms with van der Waals surface area (Å²) in [6, 6.07) is 16.1. The maximum Gasteiger partial charge on any atom is 0.407 e. The van der Waals surface area contributed by atoms with E-state index in [4.69, 9.17) is 32.9 Å². The van der Waals surface area contributed by atoms with Crippen LogP contribution in [0.5, 0.6) is 5.88 Å². The van der Waals surface area contributed by atoms with Crippen LogP contribution in [0, 0.1) is 0 Å². The van der Waals surface area contributed by atoms with E-state index in [0.29, 0.717) is 79.8 Å². The highest BCUT2D eigenvalue weighted by Crippen LogP contribution is 2.42. The number of rotatable bonds is 12. The van der Waals surface area contributed by atoms with Crippen LogP contribution in [0.4, 0.5) is 4.79 Å². The third kappa shape index (κ3) is 7.77. The van der Waals surface area contributed by atoms with Crippen molar-refractivity contribution >= 4 is 40.7 Å². The highest BCUT2D eigenvalue weighted by molar-refractivity contribution is 6.39. The Morgan fingerprint density at radius 2 is 1.75 bits per heavy atom. The predicted molar refractivity (Wildman–Crippen MR) is 199 cm³/mol. The number of pyridine rings is 1. The molecule has 4 N–H and O–H groups in total. The Morgan fingerprint density at radius 1 is 1.08 bits per heavy atom. The molecule has 0 radical (unpaired) electrons. The molecule has 1 aliphatic rings. The van der Waals surface area contributed by atoms with Gasteiger partial charge in [0.1, 0.15) is 11.3 Å². The summed E-state index contributed by atoms with van der Waals surface area (Å²) in [5.41, 5.74) is 3.62. The highest BCUT2D eigenvalue weighted by atomic mass is 35.5. The van der Waals surface area contributed by atoms with Gasteiger partial charge in [0.15, 0.2) is 0 Å². The number of ether oxygens (including phenoxy) is 1. The van der Waals surface area contributed by atoms with Crippen molar-refractivity contribution in [3.63, 3.8) is 0 Å².